The van der Waals surface area contributed by atoms with Crippen LogP contribution in [0.5, 0.6) is 0 Å². The summed E-state index contributed by atoms with van der Waals surface area (Å²) >= 11 is 5.80. The van der Waals surface area contributed by atoms with Crippen molar-refractivity contribution >= 4 is 21.3 Å². The van der Waals surface area contributed by atoms with Gasteiger partial charge in [0.1, 0.15) is 5.82 Å². The van der Waals surface area contributed by atoms with E-state index in [1.54, 1.807) is 6.07 Å². The predicted molar refractivity (Wildman–Crippen MR) is 66.8 cm³/mol. The van der Waals surface area contributed by atoms with Crippen molar-refractivity contribution in [3.63, 3.8) is 0 Å². The van der Waals surface area contributed by atoms with Crippen molar-refractivity contribution in [1.82, 2.24) is 0 Å². The summed E-state index contributed by atoms with van der Waals surface area (Å²) in [5, 5.41) is 0.442. The minimum absolute atomic E-state index is 0.352. The lowest BCUT2D eigenvalue weighted by Crippen LogP contribution is -2.37. The molecule has 1 aromatic carbocycles. The Morgan fingerprint density at radius 3 is 2.50 bits per heavy atom. The summed E-state index contributed by atoms with van der Waals surface area (Å²) in [5.41, 5.74) is 4.26. The fourth-order valence-electron chi connectivity index (χ4n) is 1.02. The van der Waals surface area contributed by atoms with Gasteiger partial charge >= 0.3 is 9.68 Å². The van der Waals surface area contributed by atoms with Gasteiger partial charge < -0.3 is 4.15 Å². The molecule has 0 spiro atoms. The van der Waals surface area contributed by atoms with Crippen LogP contribution in [0.15, 0.2) is 12.1 Å². The van der Waals surface area contributed by atoms with Gasteiger partial charge in [-0.05, 0) is 24.6 Å². The van der Waals surface area contributed by atoms with E-state index in [1.807, 2.05) is 6.92 Å². The third-order valence-corrected chi connectivity index (χ3v) is 3.15. The van der Waals surface area contributed by atoms with Crippen molar-refractivity contribution in [2.75, 3.05) is 21.1 Å². The minimum Gasteiger partial charge on any atom is -0.376 e. The molecule has 2 radical (unpaired) electrons. The largest absolute Gasteiger partial charge is 0.497 e. The number of hydrogen-bond acceptors (Lipinski definition) is 0. The summed E-state index contributed by atoms with van der Waals surface area (Å²) < 4.78 is 14.2. The average molecular weight is 255 g/mol. The quantitative estimate of drug-likeness (QED) is 0.533. The highest BCUT2D eigenvalue weighted by atomic mass is 35.5. The van der Waals surface area contributed by atoms with Crippen LogP contribution in [0.4, 0.5) is 4.39 Å². The van der Waals surface area contributed by atoms with E-state index < -0.39 is 0 Å². The molecule has 4 heteroatoms. The van der Waals surface area contributed by atoms with Crippen molar-refractivity contribution in [3.05, 3.63) is 34.1 Å². The number of quaternary nitrogens is 1. The third-order valence-electron chi connectivity index (χ3n) is 1.84. The van der Waals surface area contributed by atoms with Gasteiger partial charge in [0.25, 0.3) is 0 Å². The first-order valence-electron chi connectivity index (χ1n) is 4.85. The Balaban J connectivity index is 2.94. The summed E-state index contributed by atoms with van der Waals surface area (Å²) in [6.45, 7) is 1.84. The summed E-state index contributed by atoms with van der Waals surface area (Å²) in [5.74, 6) is 2.50. The van der Waals surface area contributed by atoms with Crippen molar-refractivity contribution in [2.45, 2.75) is 6.92 Å². The van der Waals surface area contributed by atoms with Gasteiger partial charge in [0, 0.05) is 5.02 Å². The second kappa shape index (κ2) is 5.01. The predicted octanol–water partition coefficient (Wildman–Crippen LogP) is 2.42. The molecule has 16 heavy (non-hydrogen) atoms. The molecule has 0 fully saturated rings. The van der Waals surface area contributed by atoms with Crippen LogP contribution in [0.3, 0.4) is 0 Å². The standard InChI is InChI=1S/C12H14ClFNSi/c1-9-7-10(12(14)8-11(9)13)5-6-16-15(2,3)4/h7-8H,1-4H3/q+1. The average Bonchev–Trinajstić information content (AvgIpc) is 2.11. The van der Waals surface area contributed by atoms with Crippen LogP contribution in [-0.4, -0.2) is 35.0 Å². The van der Waals surface area contributed by atoms with E-state index in [0.717, 1.165) is 9.71 Å². The summed E-state index contributed by atoms with van der Waals surface area (Å²) in [7, 11) is 6.59. The lowest BCUT2D eigenvalue weighted by atomic mass is 10.1. The van der Waals surface area contributed by atoms with Crippen LogP contribution < -0.4 is 0 Å². The van der Waals surface area contributed by atoms with Gasteiger partial charge in [0.05, 0.1) is 26.7 Å². The molecule has 0 atom stereocenters. The molecule has 0 saturated heterocycles. The smallest absolute Gasteiger partial charge is 0.376 e. The van der Waals surface area contributed by atoms with Gasteiger partial charge in [-0.2, -0.15) is 0 Å². The first-order chi connectivity index (χ1) is 7.29. The SMILES string of the molecule is Cc1cc(C#C[Si][N+](C)(C)C)c(F)cc1Cl. The van der Waals surface area contributed by atoms with Crippen LogP contribution in [0.2, 0.25) is 5.02 Å². The molecule has 0 saturated carbocycles. The zero-order chi connectivity index (χ0) is 12.3. The zero-order valence-electron chi connectivity index (χ0n) is 9.86. The normalized spacial score (nSPS) is 10.9. The molecule has 0 aliphatic rings. The lowest BCUT2D eigenvalue weighted by Gasteiger charge is -2.18. The number of nitrogens with zero attached hydrogens (tertiary/aromatic N) is 1. The Bertz CT molecular complexity index is 455. The second-order valence-electron chi connectivity index (χ2n) is 4.46. The van der Waals surface area contributed by atoms with Crippen LogP contribution in [0.1, 0.15) is 11.1 Å². The Labute approximate surface area is 104 Å². The van der Waals surface area contributed by atoms with Crippen molar-refractivity contribution in [3.8, 4) is 11.5 Å². The maximum atomic E-state index is 13.5. The molecule has 1 aromatic rings. The second-order valence-corrected chi connectivity index (χ2v) is 6.68. The van der Waals surface area contributed by atoms with Crippen molar-refractivity contribution in [1.29, 1.82) is 0 Å². The topological polar surface area (TPSA) is 0 Å². The number of rotatable bonds is 1. The van der Waals surface area contributed by atoms with Gasteiger partial charge in [-0.25, -0.2) is 4.39 Å². The first-order valence-corrected chi connectivity index (χ1v) is 6.17. The summed E-state index contributed by atoms with van der Waals surface area (Å²) in [6, 6.07) is 3.00. The maximum Gasteiger partial charge on any atom is 0.497 e. The molecule has 0 heterocycles. The summed E-state index contributed by atoms with van der Waals surface area (Å²) in [6.07, 6.45) is 0. The molecule has 0 unspecified atom stereocenters. The van der Waals surface area contributed by atoms with Gasteiger partial charge in [0.15, 0.2) is 0 Å². The molecule has 0 aliphatic carbocycles. The van der Waals surface area contributed by atoms with Crippen LogP contribution in [0, 0.1) is 24.2 Å². The van der Waals surface area contributed by atoms with Crippen LogP contribution in [0.25, 0.3) is 0 Å². The number of benzene rings is 1. The lowest BCUT2D eigenvalue weighted by molar-refractivity contribution is -0.753. The Morgan fingerprint density at radius 2 is 1.94 bits per heavy atom. The third kappa shape index (κ3) is 3.97. The van der Waals surface area contributed by atoms with E-state index in [1.165, 1.54) is 6.07 Å². The van der Waals surface area contributed by atoms with Gasteiger partial charge in [-0.1, -0.05) is 23.1 Å². The molecular formula is C12H14ClFNSi+. The number of halogens is 2. The monoisotopic (exact) mass is 254 g/mol. The highest BCUT2D eigenvalue weighted by Gasteiger charge is 2.09. The molecule has 0 aromatic heterocycles. The molecular weight excluding hydrogens is 241 g/mol. The van der Waals surface area contributed by atoms with Crippen molar-refractivity contribution in [2.24, 2.45) is 0 Å². The van der Waals surface area contributed by atoms with E-state index in [0.29, 0.717) is 20.3 Å². The summed E-state index contributed by atoms with van der Waals surface area (Å²) in [4.78, 5) is 0. The van der Waals surface area contributed by atoms with Gasteiger partial charge in [0.2, 0.25) is 0 Å². The van der Waals surface area contributed by atoms with E-state index in [-0.39, 0.29) is 5.82 Å². The molecule has 0 amide bonds. The molecule has 1 rings (SSSR count). The minimum atomic E-state index is -0.352. The van der Waals surface area contributed by atoms with Crippen LogP contribution >= 0.6 is 11.6 Å². The Kier molecular flexibility index (Phi) is 4.14. The Hall–Kier alpha value is -0.823. The fraction of sp³-hybridized carbons (Fsp3) is 0.333. The molecule has 0 bridgehead atoms. The maximum absolute atomic E-state index is 13.5. The highest BCUT2D eigenvalue weighted by molar-refractivity contribution is 6.38. The molecule has 0 aliphatic heterocycles. The van der Waals surface area contributed by atoms with E-state index in [9.17, 15) is 4.39 Å². The number of aryl methyl sites for hydroxylation is 1. The molecule has 0 N–H and O–H groups in total. The first kappa shape index (κ1) is 13.2. The number of hydrogen-bond donors (Lipinski definition) is 0. The van der Waals surface area contributed by atoms with Crippen molar-refractivity contribution < 1.29 is 8.54 Å². The fourth-order valence-corrected chi connectivity index (χ4v) is 1.69. The Morgan fingerprint density at radius 1 is 1.31 bits per heavy atom. The van der Waals surface area contributed by atoms with E-state index in [2.05, 4.69) is 32.6 Å². The zero-order valence-corrected chi connectivity index (χ0v) is 11.6. The van der Waals surface area contributed by atoms with Crippen LogP contribution in [-0.2, 0) is 0 Å². The molecule has 84 valence electrons. The molecule has 1 nitrogen and oxygen atoms in total. The highest BCUT2D eigenvalue weighted by Crippen LogP contribution is 2.19. The van der Waals surface area contributed by atoms with E-state index >= 15 is 0 Å². The van der Waals surface area contributed by atoms with Gasteiger partial charge in [-0.15, -0.1) is 0 Å². The van der Waals surface area contributed by atoms with E-state index in [4.69, 9.17) is 11.6 Å². The van der Waals surface area contributed by atoms with Gasteiger partial charge in [-0.3, -0.25) is 0 Å².